The summed E-state index contributed by atoms with van der Waals surface area (Å²) in [6.07, 6.45) is 17.4. The van der Waals surface area contributed by atoms with Crippen LogP contribution in [0.4, 0.5) is 0 Å². The van der Waals surface area contributed by atoms with Crippen LogP contribution in [-0.2, 0) is 4.79 Å². The summed E-state index contributed by atoms with van der Waals surface area (Å²) in [5.74, 6) is 0.0470. The highest BCUT2D eigenvalue weighted by Gasteiger charge is 2.36. The maximum Gasteiger partial charge on any atom is 0.360 e. The van der Waals surface area contributed by atoms with Crippen molar-refractivity contribution in [1.29, 1.82) is 0 Å². The summed E-state index contributed by atoms with van der Waals surface area (Å²) in [5.41, 5.74) is 5.66. The van der Waals surface area contributed by atoms with Gasteiger partial charge in [-0.05, 0) is 12.8 Å². The number of rotatable bonds is 13. The number of carboxylic acids is 1. The monoisotopic (exact) mass is 322 g/mol. The lowest BCUT2D eigenvalue weighted by atomic mass is 10.1. The van der Waals surface area contributed by atoms with E-state index in [1.54, 1.807) is 6.20 Å². The highest BCUT2D eigenvalue weighted by atomic mass is 16.4. The minimum absolute atomic E-state index is 0.0117. The van der Waals surface area contributed by atoms with Crippen LogP contribution in [0.25, 0.3) is 0 Å². The van der Waals surface area contributed by atoms with E-state index >= 15 is 0 Å². The fourth-order valence-electron chi connectivity index (χ4n) is 2.93. The van der Waals surface area contributed by atoms with Gasteiger partial charge in [0.15, 0.2) is 6.54 Å². The molecule has 1 unspecified atom stereocenters. The van der Waals surface area contributed by atoms with Crippen LogP contribution in [0.3, 0.4) is 0 Å². The molecule has 5 heteroatoms. The SMILES string of the molecule is CCCCCCCC/C=C/CC1=NC=C[N+]1(CCN)CC(=O)O. The summed E-state index contributed by atoms with van der Waals surface area (Å²) in [6, 6.07) is 0. The summed E-state index contributed by atoms with van der Waals surface area (Å²) >= 11 is 0. The fourth-order valence-corrected chi connectivity index (χ4v) is 2.93. The predicted octanol–water partition coefficient (Wildman–Crippen LogP) is 3.43. The van der Waals surface area contributed by atoms with Crippen LogP contribution in [0.5, 0.6) is 0 Å². The van der Waals surface area contributed by atoms with Crippen molar-refractivity contribution in [3.05, 3.63) is 24.6 Å². The largest absolute Gasteiger partial charge is 0.477 e. The second-order valence-corrected chi connectivity index (χ2v) is 6.17. The highest BCUT2D eigenvalue weighted by Crippen LogP contribution is 2.19. The van der Waals surface area contributed by atoms with Crippen molar-refractivity contribution in [3.63, 3.8) is 0 Å². The van der Waals surface area contributed by atoms with E-state index in [9.17, 15) is 4.79 Å². The van der Waals surface area contributed by atoms with Gasteiger partial charge in [-0.15, -0.1) is 0 Å². The molecule has 0 bridgehead atoms. The predicted molar refractivity (Wildman–Crippen MR) is 95.0 cm³/mol. The van der Waals surface area contributed by atoms with Gasteiger partial charge in [0.25, 0.3) is 0 Å². The molecule has 0 saturated heterocycles. The van der Waals surface area contributed by atoms with Crippen LogP contribution in [0.1, 0.15) is 58.3 Å². The van der Waals surface area contributed by atoms with Gasteiger partial charge >= 0.3 is 5.97 Å². The van der Waals surface area contributed by atoms with Crippen LogP contribution in [0, 0.1) is 0 Å². The maximum atomic E-state index is 11.1. The summed E-state index contributed by atoms with van der Waals surface area (Å²) in [4.78, 5) is 15.5. The Morgan fingerprint density at radius 1 is 1.26 bits per heavy atom. The fraction of sp³-hybridized carbons (Fsp3) is 0.667. The van der Waals surface area contributed by atoms with E-state index in [1.807, 2.05) is 6.20 Å². The van der Waals surface area contributed by atoms with E-state index in [2.05, 4.69) is 24.1 Å². The van der Waals surface area contributed by atoms with E-state index in [0.29, 0.717) is 19.5 Å². The number of nitrogens with two attached hydrogens (primary N) is 1. The average molecular weight is 322 g/mol. The van der Waals surface area contributed by atoms with Crippen molar-refractivity contribution in [2.24, 2.45) is 10.7 Å². The van der Waals surface area contributed by atoms with Crippen LogP contribution in [-0.4, -0.2) is 41.0 Å². The lowest BCUT2D eigenvalue weighted by Crippen LogP contribution is -2.52. The number of aliphatic carboxylic acids is 1. The summed E-state index contributed by atoms with van der Waals surface area (Å²) in [6.45, 7) is 3.26. The number of quaternary nitrogens is 1. The topological polar surface area (TPSA) is 75.7 Å². The lowest BCUT2D eigenvalue weighted by Gasteiger charge is -2.29. The first-order chi connectivity index (χ1) is 11.1. The molecule has 0 aromatic rings. The third kappa shape index (κ3) is 7.10. The quantitative estimate of drug-likeness (QED) is 0.310. The molecule has 0 aromatic carbocycles. The molecule has 1 aliphatic rings. The van der Waals surface area contributed by atoms with E-state index in [-0.39, 0.29) is 11.0 Å². The number of hydrogen-bond acceptors (Lipinski definition) is 3. The first-order valence-corrected chi connectivity index (χ1v) is 8.83. The number of aliphatic imine (C=N–C) groups is 1. The summed E-state index contributed by atoms with van der Waals surface area (Å²) in [7, 11) is 0. The van der Waals surface area contributed by atoms with Crippen molar-refractivity contribution in [2.45, 2.75) is 58.3 Å². The molecule has 0 aromatic heterocycles. The van der Waals surface area contributed by atoms with Gasteiger partial charge in [-0.3, -0.25) is 0 Å². The van der Waals surface area contributed by atoms with Crippen LogP contribution >= 0.6 is 0 Å². The van der Waals surface area contributed by atoms with Gasteiger partial charge in [0.05, 0.1) is 12.6 Å². The van der Waals surface area contributed by atoms with Crippen LogP contribution in [0.2, 0.25) is 0 Å². The first-order valence-electron chi connectivity index (χ1n) is 8.83. The van der Waals surface area contributed by atoms with Gasteiger partial charge in [0, 0.05) is 6.54 Å². The smallest absolute Gasteiger partial charge is 0.360 e. The Bertz CT molecular complexity index is 444. The van der Waals surface area contributed by atoms with Crippen LogP contribution < -0.4 is 5.73 Å². The molecular formula is C18H32N3O2+. The van der Waals surface area contributed by atoms with E-state index in [4.69, 9.17) is 10.8 Å². The summed E-state index contributed by atoms with van der Waals surface area (Å²) in [5, 5.41) is 9.15. The Kier molecular flexibility index (Phi) is 9.48. The van der Waals surface area contributed by atoms with Crippen molar-refractivity contribution >= 4 is 11.8 Å². The number of nitrogens with zero attached hydrogens (tertiary/aromatic N) is 2. The van der Waals surface area contributed by atoms with Crippen molar-refractivity contribution in [1.82, 2.24) is 0 Å². The Morgan fingerprint density at radius 2 is 2.00 bits per heavy atom. The molecule has 0 fully saturated rings. The van der Waals surface area contributed by atoms with Crippen LogP contribution in [0.15, 0.2) is 29.5 Å². The molecule has 0 spiro atoms. The van der Waals surface area contributed by atoms with E-state index < -0.39 is 5.97 Å². The standard InChI is InChI=1S/C18H31N3O2/c1-2-3-4-5-6-7-8-9-10-11-17-20-13-15-21(17,14-12-19)16-18(22)23/h9-10,13,15H,2-8,11-12,14,16,19H2,1H3/p+1/b10-9+. The molecule has 1 rings (SSSR count). The molecule has 0 amide bonds. The Balaban J connectivity index is 2.35. The summed E-state index contributed by atoms with van der Waals surface area (Å²) < 4.78 is 0.257. The molecular weight excluding hydrogens is 290 g/mol. The normalized spacial score (nSPS) is 20.3. The Hall–Kier alpha value is -1.46. The third-order valence-corrected chi connectivity index (χ3v) is 4.23. The molecule has 1 atom stereocenters. The zero-order valence-electron chi connectivity index (χ0n) is 14.4. The lowest BCUT2D eigenvalue weighted by molar-refractivity contribution is -0.777. The van der Waals surface area contributed by atoms with Crippen molar-refractivity contribution in [2.75, 3.05) is 19.6 Å². The molecule has 130 valence electrons. The molecule has 5 nitrogen and oxygen atoms in total. The number of allylic oxidation sites excluding steroid dienone is 1. The van der Waals surface area contributed by atoms with E-state index in [1.165, 1.54) is 38.5 Å². The van der Waals surface area contributed by atoms with Gasteiger partial charge in [0.1, 0.15) is 12.7 Å². The van der Waals surface area contributed by atoms with Crippen molar-refractivity contribution in [3.8, 4) is 0 Å². The molecule has 1 aliphatic heterocycles. The third-order valence-electron chi connectivity index (χ3n) is 4.23. The first kappa shape index (κ1) is 19.6. The molecule has 0 radical (unpaired) electrons. The second kappa shape index (κ2) is 11.1. The number of hydrogen-bond donors (Lipinski definition) is 2. The number of carbonyl (C=O) groups is 1. The molecule has 23 heavy (non-hydrogen) atoms. The Labute approximate surface area is 140 Å². The van der Waals surface area contributed by atoms with Gasteiger partial charge in [-0.25, -0.2) is 14.3 Å². The minimum Gasteiger partial charge on any atom is -0.477 e. The van der Waals surface area contributed by atoms with Gasteiger partial charge in [-0.2, -0.15) is 0 Å². The number of unbranched alkanes of at least 4 members (excludes halogenated alkanes) is 6. The molecule has 0 saturated carbocycles. The zero-order valence-corrected chi connectivity index (χ0v) is 14.4. The van der Waals surface area contributed by atoms with Gasteiger partial charge in [-0.1, -0.05) is 51.2 Å². The molecule has 1 heterocycles. The van der Waals surface area contributed by atoms with Gasteiger partial charge in [0.2, 0.25) is 5.84 Å². The minimum atomic E-state index is -0.825. The number of amidine groups is 1. The highest BCUT2D eigenvalue weighted by molar-refractivity contribution is 5.82. The average Bonchev–Trinajstić information content (AvgIpc) is 2.87. The second-order valence-electron chi connectivity index (χ2n) is 6.17. The molecule has 3 N–H and O–H groups in total. The van der Waals surface area contributed by atoms with Gasteiger partial charge < -0.3 is 10.8 Å². The van der Waals surface area contributed by atoms with Crippen molar-refractivity contribution < 1.29 is 14.4 Å². The zero-order chi connectivity index (χ0) is 17.0. The maximum absolute atomic E-state index is 11.1. The molecule has 0 aliphatic carbocycles. The number of carboxylic acid groups (broad SMARTS) is 1. The van der Waals surface area contributed by atoms with E-state index in [0.717, 1.165) is 12.3 Å². The Morgan fingerprint density at radius 3 is 2.70 bits per heavy atom.